The fourth-order valence-corrected chi connectivity index (χ4v) is 1.51. The summed E-state index contributed by atoms with van der Waals surface area (Å²) in [5.74, 6) is 1.28. The number of aryl methyl sites for hydroxylation is 1. The molecule has 106 valence electrons. The molecule has 2 N–H and O–H groups in total. The van der Waals surface area contributed by atoms with Crippen molar-refractivity contribution in [2.75, 3.05) is 18.4 Å². The molecule has 0 radical (unpaired) electrons. The molecule has 0 saturated carbocycles. The van der Waals surface area contributed by atoms with Gasteiger partial charge in [0.1, 0.15) is 0 Å². The van der Waals surface area contributed by atoms with E-state index in [1.54, 1.807) is 0 Å². The molecule has 0 aliphatic carbocycles. The van der Waals surface area contributed by atoms with E-state index in [4.69, 9.17) is 0 Å². The third kappa shape index (κ3) is 5.68. The molecule has 0 atom stereocenters. The van der Waals surface area contributed by atoms with Crippen molar-refractivity contribution in [3.05, 3.63) is 17.5 Å². The molecular formula is C14H24N4O. The normalized spacial score (nSPS) is 10.9. The van der Waals surface area contributed by atoms with Crippen molar-refractivity contribution in [1.29, 1.82) is 0 Å². The van der Waals surface area contributed by atoms with Gasteiger partial charge >= 0.3 is 0 Å². The predicted octanol–water partition coefficient (Wildman–Crippen LogP) is 2.09. The standard InChI is InChI=1S/C14H24N4O/c1-9(2)7-15-13(19)8-16-14-17-11(5)6-12(18-14)10(3)4/h6,9-10H,7-8H2,1-5H3,(H,15,19)(H,16,17,18). The number of hydrogen-bond donors (Lipinski definition) is 2. The minimum Gasteiger partial charge on any atom is -0.354 e. The van der Waals surface area contributed by atoms with Crippen LogP contribution < -0.4 is 10.6 Å². The number of hydrogen-bond acceptors (Lipinski definition) is 4. The van der Waals surface area contributed by atoms with E-state index < -0.39 is 0 Å². The number of rotatable bonds is 6. The first-order valence-corrected chi connectivity index (χ1v) is 6.74. The zero-order valence-electron chi connectivity index (χ0n) is 12.4. The van der Waals surface area contributed by atoms with E-state index in [9.17, 15) is 4.79 Å². The number of nitrogens with zero attached hydrogens (tertiary/aromatic N) is 2. The van der Waals surface area contributed by atoms with Crippen LogP contribution in [0.5, 0.6) is 0 Å². The van der Waals surface area contributed by atoms with Crippen LogP contribution in [0.4, 0.5) is 5.95 Å². The van der Waals surface area contributed by atoms with Gasteiger partial charge < -0.3 is 10.6 Å². The third-order valence-electron chi connectivity index (χ3n) is 2.58. The average Bonchev–Trinajstić information content (AvgIpc) is 2.33. The maximum atomic E-state index is 11.6. The van der Waals surface area contributed by atoms with E-state index in [1.165, 1.54) is 0 Å². The number of carbonyl (C=O) groups excluding carboxylic acids is 1. The lowest BCUT2D eigenvalue weighted by molar-refractivity contribution is -0.119. The Morgan fingerprint density at radius 1 is 1.26 bits per heavy atom. The molecule has 0 fully saturated rings. The van der Waals surface area contributed by atoms with E-state index in [0.29, 0.717) is 24.3 Å². The molecule has 1 heterocycles. The zero-order chi connectivity index (χ0) is 14.4. The van der Waals surface area contributed by atoms with Crippen molar-refractivity contribution >= 4 is 11.9 Å². The molecule has 0 spiro atoms. The van der Waals surface area contributed by atoms with Gasteiger partial charge in [-0.15, -0.1) is 0 Å². The van der Waals surface area contributed by atoms with E-state index in [2.05, 4.69) is 48.3 Å². The van der Waals surface area contributed by atoms with Crippen LogP contribution >= 0.6 is 0 Å². The van der Waals surface area contributed by atoms with Crippen molar-refractivity contribution in [2.45, 2.75) is 40.5 Å². The van der Waals surface area contributed by atoms with Gasteiger partial charge in [0, 0.05) is 17.9 Å². The van der Waals surface area contributed by atoms with Gasteiger partial charge in [0.05, 0.1) is 6.54 Å². The molecule has 0 aliphatic heterocycles. The second-order valence-corrected chi connectivity index (χ2v) is 5.46. The topological polar surface area (TPSA) is 66.9 Å². The van der Waals surface area contributed by atoms with Crippen LogP contribution in [0.25, 0.3) is 0 Å². The molecule has 0 saturated heterocycles. The molecule has 5 heteroatoms. The number of carbonyl (C=O) groups is 1. The van der Waals surface area contributed by atoms with Crippen molar-refractivity contribution in [2.24, 2.45) is 5.92 Å². The lowest BCUT2D eigenvalue weighted by Crippen LogP contribution is -2.32. The van der Waals surface area contributed by atoms with Gasteiger partial charge in [-0.2, -0.15) is 0 Å². The van der Waals surface area contributed by atoms with Gasteiger partial charge in [0.15, 0.2) is 0 Å². The van der Waals surface area contributed by atoms with E-state index in [0.717, 1.165) is 11.4 Å². The van der Waals surface area contributed by atoms with Crippen molar-refractivity contribution < 1.29 is 4.79 Å². The fraction of sp³-hybridized carbons (Fsp3) is 0.643. The smallest absolute Gasteiger partial charge is 0.239 e. The molecular weight excluding hydrogens is 240 g/mol. The Labute approximate surface area is 115 Å². The fourth-order valence-electron chi connectivity index (χ4n) is 1.51. The maximum absolute atomic E-state index is 11.6. The van der Waals surface area contributed by atoms with E-state index in [-0.39, 0.29) is 12.5 Å². The Balaban J connectivity index is 2.55. The predicted molar refractivity (Wildman–Crippen MR) is 77.2 cm³/mol. The van der Waals surface area contributed by atoms with Crippen LogP contribution in [0.1, 0.15) is 45.0 Å². The first-order valence-electron chi connectivity index (χ1n) is 6.74. The Hall–Kier alpha value is -1.65. The second kappa shape index (κ2) is 7.07. The Kier molecular flexibility index (Phi) is 5.73. The third-order valence-corrected chi connectivity index (χ3v) is 2.58. The molecule has 19 heavy (non-hydrogen) atoms. The van der Waals surface area contributed by atoms with Gasteiger partial charge in [0.2, 0.25) is 11.9 Å². The Bertz CT molecular complexity index is 429. The maximum Gasteiger partial charge on any atom is 0.239 e. The van der Waals surface area contributed by atoms with Crippen LogP contribution in [-0.4, -0.2) is 29.0 Å². The van der Waals surface area contributed by atoms with Crippen LogP contribution in [0, 0.1) is 12.8 Å². The Morgan fingerprint density at radius 2 is 1.95 bits per heavy atom. The first kappa shape index (κ1) is 15.4. The van der Waals surface area contributed by atoms with Crippen LogP contribution in [0.15, 0.2) is 6.07 Å². The minimum atomic E-state index is -0.0371. The highest BCUT2D eigenvalue weighted by atomic mass is 16.1. The molecule has 1 amide bonds. The molecule has 0 aliphatic rings. The van der Waals surface area contributed by atoms with Crippen LogP contribution in [0.2, 0.25) is 0 Å². The lowest BCUT2D eigenvalue weighted by Gasteiger charge is -2.11. The molecule has 1 rings (SSSR count). The second-order valence-electron chi connectivity index (χ2n) is 5.46. The highest BCUT2D eigenvalue weighted by Crippen LogP contribution is 2.14. The molecule has 1 aromatic heterocycles. The van der Waals surface area contributed by atoms with Crippen molar-refractivity contribution in [1.82, 2.24) is 15.3 Å². The van der Waals surface area contributed by atoms with Gasteiger partial charge in [0.25, 0.3) is 0 Å². The zero-order valence-corrected chi connectivity index (χ0v) is 12.4. The summed E-state index contributed by atoms with van der Waals surface area (Å²) in [6.07, 6.45) is 0. The largest absolute Gasteiger partial charge is 0.354 e. The summed E-state index contributed by atoms with van der Waals surface area (Å²) in [5, 5.41) is 5.82. The van der Waals surface area contributed by atoms with E-state index in [1.807, 2.05) is 13.0 Å². The van der Waals surface area contributed by atoms with Gasteiger partial charge in [-0.3, -0.25) is 4.79 Å². The summed E-state index contributed by atoms with van der Waals surface area (Å²) in [4.78, 5) is 20.3. The molecule has 0 unspecified atom stereocenters. The number of amides is 1. The summed E-state index contributed by atoms with van der Waals surface area (Å²) in [5.41, 5.74) is 1.89. The number of aromatic nitrogens is 2. The van der Waals surface area contributed by atoms with Crippen LogP contribution in [0.3, 0.4) is 0 Å². The van der Waals surface area contributed by atoms with Gasteiger partial charge in [-0.25, -0.2) is 9.97 Å². The SMILES string of the molecule is Cc1cc(C(C)C)nc(NCC(=O)NCC(C)C)n1. The molecule has 0 bridgehead atoms. The summed E-state index contributed by atoms with van der Waals surface area (Å²) < 4.78 is 0. The van der Waals surface area contributed by atoms with Crippen LogP contribution in [-0.2, 0) is 4.79 Å². The van der Waals surface area contributed by atoms with Crippen molar-refractivity contribution in [3.63, 3.8) is 0 Å². The average molecular weight is 264 g/mol. The highest BCUT2D eigenvalue weighted by Gasteiger charge is 2.07. The number of nitrogens with one attached hydrogen (secondary N) is 2. The first-order chi connectivity index (χ1) is 8.88. The Morgan fingerprint density at radius 3 is 2.53 bits per heavy atom. The summed E-state index contributed by atoms with van der Waals surface area (Å²) in [6.45, 7) is 11.1. The van der Waals surface area contributed by atoms with Crippen molar-refractivity contribution in [3.8, 4) is 0 Å². The molecule has 0 aromatic carbocycles. The number of anilines is 1. The van der Waals surface area contributed by atoms with Gasteiger partial charge in [-0.1, -0.05) is 27.7 Å². The van der Waals surface area contributed by atoms with Gasteiger partial charge in [-0.05, 0) is 24.8 Å². The lowest BCUT2D eigenvalue weighted by atomic mass is 10.1. The quantitative estimate of drug-likeness (QED) is 0.825. The summed E-state index contributed by atoms with van der Waals surface area (Å²) in [6, 6.07) is 1.97. The monoisotopic (exact) mass is 264 g/mol. The van der Waals surface area contributed by atoms with E-state index >= 15 is 0 Å². The summed E-state index contributed by atoms with van der Waals surface area (Å²) >= 11 is 0. The summed E-state index contributed by atoms with van der Waals surface area (Å²) in [7, 11) is 0. The minimum absolute atomic E-state index is 0.0371. The molecule has 5 nitrogen and oxygen atoms in total. The highest BCUT2D eigenvalue weighted by molar-refractivity contribution is 5.80. The molecule has 1 aromatic rings.